The average molecular weight is 483 g/mol. The summed E-state index contributed by atoms with van der Waals surface area (Å²) in [7, 11) is 1.55. The van der Waals surface area contributed by atoms with Crippen LogP contribution in [-0.2, 0) is 13.2 Å². The smallest absolute Gasteiger partial charge is 0.258 e. The van der Waals surface area contributed by atoms with Gasteiger partial charge in [-0.15, -0.1) is 0 Å². The van der Waals surface area contributed by atoms with Gasteiger partial charge in [0.15, 0.2) is 0 Å². The van der Waals surface area contributed by atoms with Gasteiger partial charge in [0.05, 0.1) is 12.1 Å². The lowest BCUT2D eigenvalue weighted by Gasteiger charge is -2.19. The van der Waals surface area contributed by atoms with Crippen LogP contribution in [0.15, 0.2) is 48.7 Å². The van der Waals surface area contributed by atoms with E-state index in [0.29, 0.717) is 28.6 Å². The first-order valence-electron chi connectivity index (χ1n) is 11.1. The summed E-state index contributed by atoms with van der Waals surface area (Å²) >= 11 is 6.23. The number of hydrogen-bond acceptors (Lipinski definition) is 6. The number of hydrogen-bond donors (Lipinski definition) is 1. The summed E-state index contributed by atoms with van der Waals surface area (Å²) in [6.07, 6.45) is 2.77. The van der Waals surface area contributed by atoms with E-state index in [1.54, 1.807) is 31.4 Å². The summed E-state index contributed by atoms with van der Waals surface area (Å²) in [6, 6.07) is 11.3. The van der Waals surface area contributed by atoms with Crippen molar-refractivity contribution >= 4 is 23.5 Å². The monoisotopic (exact) mass is 482 g/mol. The van der Waals surface area contributed by atoms with E-state index >= 15 is 0 Å². The Morgan fingerprint density at radius 3 is 2.62 bits per heavy atom. The number of piperidine rings is 1. The Morgan fingerprint density at radius 2 is 1.91 bits per heavy atom. The molecule has 1 aliphatic heterocycles. The van der Waals surface area contributed by atoms with Crippen LogP contribution < -0.4 is 19.7 Å². The quantitative estimate of drug-likeness (QED) is 0.517. The molecule has 176 valence electrons. The fraction of sp³-hybridized carbons (Fsp3) is 0.320. The van der Waals surface area contributed by atoms with Crippen LogP contribution in [0.4, 0.5) is 10.3 Å². The second kappa shape index (κ2) is 9.46. The molecule has 1 N–H and O–H groups in total. The topological polar surface area (TPSA) is 76.6 Å². The maximum atomic E-state index is 13.1. The molecule has 2 heterocycles. The standard InChI is InChI=1S/C25H24ClFN4O3/c1-33-22-7-4-16(8-21(22)26)14-34-24-20(23(32)28-10-15-2-5-19(27)6-3-15)11-29-25(30-24)31-12-17-9-18(17)13-31/h2-8,11,17-18H,9-10,12-14H2,1H3,(H,28,32). The number of methoxy groups -OCH3 is 1. The summed E-state index contributed by atoms with van der Waals surface area (Å²) in [4.78, 5) is 24.1. The number of nitrogens with zero attached hydrogens (tertiary/aromatic N) is 3. The predicted molar refractivity (Wildman–Crippen MR) is 126 cm³/mol. The van der Waals surface area contributed by atoms with Gasteiger partial charge in [0, 0.05) is 25.8 Å². The molecule has 9 heteroatoms. The summed E-state index contributed by atoms with van der Waals surface area (Å²) in [5, 5.41) is 3.30. The maximum Gasteiger partial charge on any atom is 0.258 e. The van der Waals surface area contributed by atoms with Crippen molar-refractivity contribution in [3.8, 4) is 11.6 Å². The molecule has 0 bridgehead atoms. The normalized spacial score (nSPS) is 18.4. The van der Waals surface area contributed by atoms with Gasteiger partial charge in [-0.1, -0.05) is 29.8 Å². The molecule has 1 saturated carbocycles. The molecule has 2 fully saturated rings. The van der Waals surface area contributed by atoms with Crippen LogP contribution >= 0.6 is 11.6 Å². The van der Waals surface area contributed by atoms with Crippen LogP contribution in [0.2, 0.25) is 5.02 Å². The number of aromatic nitrogens is 2. The van der Waals surface area contributed by atoms with Gasteiger partial charge in [0.1, 0.15) is 23.7 Å². The van der Waals surface area contributed by atoms with Crippen molar-refractivity contribution in [2.75, 3.05) is 25.1 Å². The van der Waals surface area contributed by atoms with E-state index in [2.05, 4.69) is 20.2 Å². The lowest BCUT2D eigenvalue weighted by Crippen LogP contribution is -2.27. The van der Waals surface area contributed by atoms with Gasteiger partial charge in [0.25, 0.3) is 5.91 Å². The predicted octanol–water partition coefficient (Wildman–Crippen LogP) is 4.24. The third kappa shape index (κ3) is 4.92. The summed E-state index contributed by atoms with van der Waals surface area (Å²) < 4.78 is 24.3. The molecule has 1 saturated heterocycles. The van der Waals surface area contributed by atoms with Crippen molar-refractivity contribution < 1.29 is 18.7 Å². The zero-order valence-corrected chi connectivity index (χ0v) is 19.4. The first-order chi connectivity index (χ1) is 16.5. The van der Waals surface area contributed by atoms with Crippen LogP contribution in [0.5, 0.6) is 11.6 Å². The molecule has 2 aromatic carbocycles. The van der Waals surface area contributed by atoms with E-state index < -0.39 is 0 Å². The van der Waals surface area contributed by atoms with Crippen molar-refractivity contribution in [3.05, 3.63) is 76.2 Å². The summed E-state index contributed by atoms with van der Waals surface area (Å²) in [5.74, 6) is 2.07. The lowest BCUT2D eigenvalue weighted by atomic mass is 10.2. The summed E-state index contributed by atoms with van der Waals surface area (Å²) in [5.41, 5.74) is 1.82. The van der Waals surface area contributed by atoms with Crippen LogP contribution in [-0.4, -0.2) is 36.1 Å². The van der Waals surface area contributed by atoms with Crippen molar-refractivity contribution in [1.29, 1.82) is 0 Å². The van der Waals surface area contributed by atoms with Gasteiger partial charge in [-0.05, 0) is 53.6 Å². The molecule has 3 aromatic rings. The van der Waals surface area contributed by atoms with Gasteiger partial charge >= 0.3 is 0 Å². The first kappa shape index (κ1) is 22.4. The van der Waals surface area contributed by atoms with Gasteiger partial charge in [-0.3, -0.25) is 4.79 Å². The van der Waals surface area contributed by atoms with Gasteiger partial charge in [0.2, 0.25) is 11.8 Å². The van der Waals surface area contributed by atoms with Gasteiger partial charge < -0.3 is 19.7 Å². The highest BCUT2D eigenvalue weighted by Gasteiger charge is 2.46. The Labute approximate surface area is 201 Å². The average Bonchev–Trinajstić information content (AvgIpc) is 3.46. The Morgan fingerprint density at radius 1 is 1.18 bits per heavy atom. The first-order valence-corrected chi connectivity index (χ1v) is 11.5. The van der Waals surface area contributed by atoms with Crippen molar-refractivity contribution in [2.45, 2.75) is 19.6 Å². The van der Waals surface area contributed by atoms with E-state index in [-0.39, 0.29) is 36.3 Å². The minimum absolute atomic E-state index is 0.170. The molecule has 1 aliphatic carbocycles. The SMILES string of the molecule is COc1ccc(COc2nc(N3CC4CC4C3)ncc2C(=O)NCc2ccc(F)cc2)cc1Cl. The number of ether oxygens (including phenoxy) is 2. The molecule has 5 rings (SSSR count). The Kier molecular flexibility index (Phi) is 6.24. The van der Waals surface area contributed by atoms with Gasteiger partial charge in [-0.2, -0.15) is 4.98 Å². The third-order valence-electron chi connectivity index (χ3n) is 6.21. The van der Waals surface area contributed by atoms with Gasteiger partial charge in [-0.25, -0.2) is 9.37 Å². The number of anilines is 1. The molecule has 7 nitrogen and oxygen atoms in total. The zero-order chi connectivity index (χ0) is 23.7. The minimum Gasteiger partial charge on any atom is -0.495 e. The maximum absolute atomic E-state index is 13.1. The molecule has 0 radical (unpaired) electrons. The largest absolute Gasteiger partial charge is 0.495 e. The van der Waals surface area contributed by atoms with E-state index in [4.69, 9.17) is 21.1 Å². The molecule has 2 aliphatic rings. The lowest BCUT2D eigenvalue weighted by molar-refractivity contribution is 0.0945. The highest BCUT2D eigenvalue weighted by atomic mass is 35.5. The molecule has 2 unspecified atom stereocenters. The van der Waals surface area contributed by atoms with Crippen molar-refractivity contribution in [1.82, 2.24) is 15.3 Å². The second-order valence-electron chi connectivity index (χ2n) is 8.62. The fourth-order valence-corrected chi connectivity index (χ4v) is 4.45. The minimum atomic E-state index is -0.372. The molecule has 1 amide bonds. The number of carbonyl (C=O) groups excluding carboxylic acids is 1. The molecule has 1 aromatic heterocycles. The molecule has 2 atom stereocenters. The van der Waals surface area contributed by atoms with Crippen LogP contribution in [0.1, 0.15) is 27.9 Å². The third-order valence-corrected chi connectivity index (χ3v) is 6.50. The van der Waals surface area contributed by atoms with Crippen molar-refractivity contribution in [2.24, 2.45) is 11.8 Å². The fourth-order valence-electron chi connectivity index (χ4n) is 4.17. The van der Waals surface area contributed by atoms with E-state index in [1.807, 2.05) is 6.07 Å². The molecule has 34 heavy (non-hydrogen) atoms. The number of halogens is 2. The number of rotatable bonds is 8. The second-order valence-corrected chi connectivity index (χ2v) is 9.02. The molecular weight excluding hydrogens is 459 g/mol. The number of benzene rings is 2. The van der Waals surface area contributed by atoms with Crippen molar-refractivity contribution in [3.63, 3.8) is 0 Å². The van der Waals surface area contributed by atoms with Crippen LogP contribution in [0, 0.1) is 17.7 Å². The van der Waals surface area contributed by atoms with E-state index in [9.17, 15) is 9.18 Å². The number of fused-ring (bicyclic) bond motifs is 1. The van der Waals surface area contributed by atoms with Crippen LogP contribution in [0.3, 0.4) is 0 Å². The van der Waals surface area contributed by atoms with Crippen LogP contribution in [0.25, 0.3) is 0 Å². The molecule has 0 spiro atoms. The highest BCUT2D eigenvalue weighted by Crippen LogP contribution is 2.45. The zero-order valence-electron chi connectivity index (χ0n) is 18.6. The Bertz CT molecular complexity index is 1200. The summed E-state index contributed by atoms with van der Waals surface area (Å²) in [6.45, 7) is 2.26. The van der Waals surface area contributed by atoms with E-state index in [0.717, 1.165) is 24.2 Å². The highest BCUT2D eigenvalue weighted by molar-refractivity contribution is 6.32. The van der Waals surface area contributed by atoms with E-state index in [1.165, 1.54) is 24.8 Å². The Balaban J connectivity index is 1.34. The Hall–Kier alpha value is -3.39. The number of carbonyl (C=O) groups is 1. The number of amides is 1. The number of nitrogens with one attached hydrogen (secondary N) is 1. The molecular formula is C25H24ClFN4O3.